The maximum absolute atomic E-state index is 6.28. The van der Waals surface area contributed by atoms with E-state index in [-0.39, 0.29) is 0 Å². The van der Waals surface area contributed by atoms with Crippen LogP contribution in [0.4, 0.5) is 0 Å². The summed E-state index contributed by atoms with van der Waals surface area (Å²) >= 11 is 0. The monoisotopic (exact) mass is 754 g/mol. The summed E-state index contributed by atoms with van der Waals surface area (Å²) in [5.74, 6) is 6.23. The zero-order valence-corrected chi connectivity index (χ0v) is 32.1. The normalized spacial score (nSPS) is 12.1. The van der Waals surface area contributed by atoms with Gasteiger partial charge in [0.25, 0.3) is 0 Å². The number of hydrogen-bond donors (Lipinski definition) is 0. The van der Waals surface area contributed by atoms with E-state index >= 15 is 0 Å². The number of benzene rings is 6. The molecule has 12 rings (SSSR count). The quantitative estimate of drug-likeness (QED) is 0.164. The molecule has 0 saturated carbocycles. The molecule has 6 aromatic heterocycles. The molecule has 0 aliphatic heterocycles. The van der Waals surface area contributed by atoms with Crippen LogP contribution in [0.25, 0.3) is 106 Å². The van der Waals surface area contributed by atoms with Crippen LogP contribution < -0.4 is 0 Å². The second-order valence-corrected chi connectivity index (χ2v) is 14.9. The maximum atomic E-state index is 6.28. The largest absolute Gasteiger partial charge is 0.294 e. The van der Waals surface area contributed by atoms with Crippen LogP contribution in [0.1, 0.15) is 18.2 Å². The minimum atomic E-state index is 0.751. The van der Waals surface area contributed by atoms with Gasteiger partial charge in [0.15, 0.2) is 0 Å². The van der Waals surface area contributed by atoms with Crippen LogP contribution in [0.5, 0.6) is 0 Å². The Bertz CT molecular complexity index is 3710. The predicted molar refractivity (Wildman–Crippen MR) is 245 cm³/mol. The first kappa shape index (κ1) is 33.0. The molecule has 0 radical (unpaired) electrons. The lowest BCUT2D eigenvalue weighted by molar-refractivity contribution is 0.981. The Morgan fingerprint density at radius 2 is 0.746 bits per heavy atom. The fourth-order valence-corrected chi connectivity index (χ4v) is 9.45. The standard InChI is InChI=1S/C53H34N6/c1-3-17-34-35-18-5-10-23-43(35)56(42(34)4-2)48-28-15-30-50(54-48)58-46-26-13-8-21-38(46)40-32-33-41-39-22-9-14-27-47(39)59(53(41)52(40)58)51-31-16-29-49(55-51)57-44-24-11-6-19-36(44)37-20-7-12-25-45(37)57/h2-3,5-33H,1H3/b17-3-. The molecule has 276 valence electrons. The molecule has 0 aliphatic carbocycles. The van der Waals surface area contributed by atoms with Gasteiger partial charge in [-0.15, -0.1) is 6.42 Å². The molecule has 6 heteroatoms. The topological polar surface area (TPSA) is 45.5 Å². The molecule has 0 saturated heterocycles. The number of aromatic nitrogens is 6. The smallest absolute Gasteiger partial charge is 0.140 e. The van der Waals surface area contributed by atoms with Crippen molar-refractivity contribution in [1.82, 2.24) is 28.2 Å². The summed E-state index contributed by atoms with van der Waals surface area (Å²) in [7, 11) is 0. The van der Waals surface area contributed by atoms with E-state index < -0.39 is 0 Å². The highest BCUT2D eigenvalue weighted by atomic mass is 15.2. The molecule has 12 aromatic rings. The number of allylic oxidation sites excluding steroid dienone is 1. The summed E-state index contributed by atoms with van der Waals surface area (Å²) in [6.07, 6.45) is 10.4. The maximum Gasteiger partial charge on any atom is 0.140 e. The lowest BCUT2D eigenvalue weighted by Gasteiger charge is -2.14. The molecule has 0 amide bonds. The van der Waals surface area contributed by atoms with E-state index in [4.69, 9.17) is 16.4 Å². The van der Waals surface area contributed by atoms with Crippen molar-refractivity contribution in [1.29, 1.82) is 0 Å². The first-order chi connectivity index (χ1) is 29.2. The molecule has 0 N–H and O–H groups in total. The molecule has 0 bridgehead atoms. The van der Waals surface area contributed by atoms with Gasteiger partial charge in [0, 0.05) is 43.3 Å². The van der Waals surface area contributed by atoms with Crippen molar-refractivity contribution in [3.8, 4) is 35.6 Å². The average Bonchev–Trinajstić information content (AvgIpc) is 4.02. The predicted octanol–water partition coefficient (Wildman–Crippen LogP) is 12.7. The molecule has 0 aliphatic rings. The summed E-state index contributed by atoms with van der Waals surface area (Å²) in [5, 5.41) is 8.06. The summed E-state index contributed by atoms with van der Waals surface area (Å²) in [5.41, 5.74) is 9.29. The van der Waals surface area contributed by atoms with Crippen LogP contribution in [0.3, 0.4) is 0 Å². The van der Waals surface area contributed by atoms with Crippen molar-refractivity contribution in [2.24, 2.45) is 0 Å². The first-order valence-corrected chi connectivity index (χ1v) is 19.9. The van der Waals surface area contributed by atoms with Crippen molar-refractivity contribution < 1.29 is 0 Å². The van der Waals surface area contributed by atoms with Crippen LogP contribution >= 0.6 is 0 Å². The zero-order chi connectivity index (χ0) is 39.2. The Morgan fingerprint density at radius 3 is 1.19 bits per heavy atom. The SMILES string of the molecule is C#Cc1c(/C=C\C)c2ccccc2n1-c1cccc(-n2c3ccccc3c3ccc4c5ccccc5n(-c5cccc(-n6c7ccccc7c7ccccc76)n5)c4c32)n1. The van der Waals surface area contributed by atoms with Crippen molar-refractivity contribution in [2.75, 3.05) is 0 Å². The van der Waals surface area contributed by atoms with Gasteiger partial charge in [-0.2, -0.15) is 0 Å². The van der Waals surface area contributed by atoms with Gasteiger partial charge in [0.05, 0.1) is 38.6 Å². The van der Waals surface area contributed by atoms with Crippen molar-refractivity contribution in [3.63, 3.8) is 0 Å². The van der Waals surface area contributed by atoms with E-state index in [0.717, 1.165) is 100 Å². The van der Waals surface area contributed by atoms with Crippen molar-refractivity contribution in [3.05, 3.63) is 187 Å². The van der Waals surface area contributed by atoms with Crippen LogP contribution in [0, 0.1) is 12.3 Å². The van der Waals surface area contributed by atoms with Crippen LogP contribution in [-0.2, 0) is 0 Å². The van der Waals surface area contributed by atoms with Gasteiger partial charge < -0.3 is 0 Å². The highest BCUT2D eigenvalue weighted by molar-refractivity contribution is 6.23. The molecule has 0 unspecified atom stereocenters. The minimum Gasteiger partial charge on any atom is -0.294 e. The molecule has 0 spiro atoms. The average molecular weight is 755 g/mol. The van der Waals surface area contributed by atoms with Crippen LogP contribution in [-0.4, -0.2) is 28.2 Å². The second-order valence-electron chi connectivity index (χ2n) is 14.9. The third-order valence-electron chi connectivity index (χ3n) is 11.8. The Balaban J connectivity index is 1.17. The number of nitrogens with zero attached hydrogens (tertiary/aromatic N) is 6. The van der Waals surface area contributed by atoms with E-state index in [1.54, 1.807) is 0 Å². The summed E-state index contributed by atoms with van der Waals surface area (Å²) in [6, 6.07) is 59.8. The van der Waals surface area contributed by atoms with Crippen molar-refractivity contribution >= 4 is 82.4 Å². The summed E-state index contributed by atoms with van der Waals surface area (Å²) in [4.78, 5) is 11.0. The number of hydrogen-bond acceptors (Lipinski definition) is 2. The van der Waals surface area contributed by atoms with E-state index in [9.17, 15) is 0 Å². The molecular formula is C53H34N6. The number of pyridine rings is 2. The molecule has 59 heavy (non-hydrogen) atoms. The fraction of sp³-hybridized carbons (Fsp3) is 0.0189. The third-order valence-corrected chi connectivity index (χ3v) is 11.8. The van der Waals surface area contributed by atoms with Gasteiger partial charge in [0.2, 0.25) is 0 Å². The summed E-state index contributed by atoms with van der Waals surface area (Å²) < 4.78 is 9.04. The van der Waals surface area contributed by atoms with Crippen LogP contribution in [0.15, 0.2) is 176 Å². The molecule has 6 nitrogen and oxygen atoms in total. The number of fused-ring (bicyclic) bond motifs is 11. The Labute approximate surface area is 339 Å². The molecule has 6 heterocycles. The van der Waals surface area contributed by atoms with Gasteiger partial charge in [-0.1, -0.05) is 133 Å². The minimum absolute atomic E-state index is 0.751. The second kappa shape index (κ2) is 12.7. The molecule has 0 fully saturated rings. The Kier molecular flexibility index (Phi) is 7.11. The Hall–Kier alpha value is -8.14. The molecular weight excluding hydrogens is 721 g/mol. The summed E-state index contributed by atoms with van der Waals surface area (Å²) in [6.45, 7) is 2.02. The van der Waals surface area contributed by atoms with Crippen molar-refractivity contribution in [2.45, 2.75) is 6.92 Å². The lowest BCUT2D eigenvalue weighted by Crippen LogP contribution is -2.06. The van der Waals surface area contributed by atoms with Gasteiger partial charge in [-0.25, -0.2) is 9.97 Å². The van der Waals surface area contributed by atoms with E-state index in [1.807, 2.05) is 19.1 Å². The van der Waals surface area contributed by atoms with E-state index in [2.05, 4.69) is 194 Å². The van der Waals surface area contributed by atoms with Crippen LogP contribution in [0.2, 0.25) is 0 Å². The highest BCUT2D eigenvalue weighted by Gasteiger charge is 2.24. The van der Waals surface area contributed by atoms with Gasteiger partial charge in [-0.3, -0.25) is 18.3 Å². The highest BCUT2D eigenvalue weighted by Crippen LogP contribution is 2.42. The number of para-hydroxylation sites is 5. The van der Waals surface area contributed by atoms with Gasteiger partial charge in [-0.05, 0) is 61.5 Å². The fourth-order valence-electron chi connectivity index (χ4n) is 9.45. The lowest BCUT2D eigenvalue weighted by atomic mass is 10.1. The number of terminal acetylenes is 1. The zero-order valence-electron chi connectivity index (χ0n) is 32.1. The first-order valence-electron chi connectivity index (χ1n) is 19.9. The molecule has 6 aromatic carbocycles. The number of rotatable bonds is 5. The third kappa shape index (κ3) is 4.64. The van der Waals surface area contributed by atoms with E-state index in [0.29, 0.717) is 0 Å². The van der Waals surface area contributed by atoms with Gasteiger partial charge in [0.1, 0.15) is 29.0 Å². The van der Waals surface area contributed by atoms with E-state index in [1.165, 1.54) is 10.8 Å². The Morgan fingerprint density at radius 1 is 0.390 bits per heavy atom. The van der Waals surface area contributed by atoms with Gasteiger partial charge >= 0.3 is 0 Å². The molecule has 0 atom stereocenters.